The second-order valence-electron chi connectivity index (χ2n) is 5.35. The van der Waals surface area contributed by atoms with Crippen molar-refractivity contribution < 1.29 is 4.79 Å². The standard InChI is InChI=1S/C13H23N3OS/c1-8(14)6-7-11(17)16-13(4,5)12-15-9(2)10(3)18-12/h8H,6-7,14H2,1-5H3,(H,16,17). The quantitative estimate of drug-likeness (QED) is 0.861. The van der Waals surface area contributed by atoms with E-state index in [2.05, 4.69) is 10.3 Å². The van der Waals surface area contributed by atoms with Crippen molar-refractivity contribution in [3.05, 3.63) is 15.6 Å². The SMILES string of the molecule is Cc1nc(C(C)(C)NC(=O)CCC(C)N)sc1C. The molecule has 0 aliphatic heterocycles. The van der Waals surface area contributed by atoms with Gasteiger partial charge < -0.3 is 11.1 Å². The Kier molecular flexibility index (Phi) is 4.87. The average Bonchev–Trinajstić information content (AvgIpc) is 2.56. The van der Waals surface area contributed by atoms with Gasteiger partial charge in [-0.05, 0) is 41.0 Å². The Balaban J connectivity index is 2.66. The van der Waals surface area contributed by atoms with Crippen molar-refractivity contribution in [2.75, 3.05) is 0 Å². The van der Waals surface area contributed by atoms with Crippen LogP contribution in [0.5, 0.6) is 0 Å². The summed E-state index contributed by atoms with van der Waals surface area (Å²) in [5, 5.41) is 3.97. The molecule has 0 radical (unpaired) electrons. The number of nitrogens with zero attached hydrogens (tertiary/aromatic N) is 1. The highest BCUT2D eigenvalue weighted by Crippen LogP contribution is 2.27. The number of rotatable bonds is 5. The highest BCUT2D eigenvalue weighted by Gasteiger charge is 2.26. The van der Waals surface area contributed by atoms with Gasteiger partial charge in [-0.15, -0.1) is 11.3 Å². The Morgan fingerprint density at radius 2 is 2.11 bits per heavy atom. The minimum atomic E-state index is -0.418. The molecule has 3 N–H and O–H groups in total. The molecule has 1 atom stereocenters. The van der Waals surface area contributed by atoms with E-state index in [1.807, 2.05) is 34.6 Å². The van der Waals surface area contributed by atoms with Crippen molar-refractivity contribution in [2.24, 2.45) is 5.73 Å². The van der Waals surface area contributed by atoms with Crippen molar-refractivity contribution in [2.45, 2.75) is 59.0 Å². The number of hydrogen-bond donors (Lipinski definition) is 2. The molecule has 1 aromatic rings. The van der Waals surface area contributed by atoms with Crippen LogP contribution in [0.2, 0.25) is 0 Å². The smallest absolute Gasteiger partial charge is 0.220 e. The molecule has 0 aliphatic carbocycles. The molecule has 0 spiro atoms. The summed E-state index contributed by atoms with van der Waals surface area (Å²) in [4.78, 5) is 17.5. The number of nitrogens with two attached hydrogens (primary N) is 1. The van der Waals surface area contributed by atoms with Gasteiger partial charge in [-0.2, -0.15) is 0 Å². The summed E-state index contributed by atoms with van der Waals surface area (Å²) in [7, 11) is 0. The van der Waals surface area contributed by atoms with Gasteiger partial charge in [0.2, 0.25) is 5.91 Å². The van der Waals surface area contributed by atoms with Crippen LogP contribution in [-0.2, 0) is 10.3 Å². The number of carbonyl (C=O) groups is 1. The van der Waals surface area contributed by atoms with E-state index in [-0.39, 0.29) is 11.9 Å². The second kappa shape index (κ2) is 5.80. The molecule has 0 saturated heterocycles. The average molecular weight is 269 g/mol. The van der Waals surface area contributed by atoms with Crippen molar-refractivity contribution in [3.63, 3.8) is 0 Å². The van der Waals surface area contributed by atoms with Crippen LogP contribution in [-0.4, -0.2) is 16.9 Å². The lowest BCUT2D eigenvalue weighted by Crippen LogP contribution is -2.41. The lowest BCUT2D eigenvalue weighted by molar-refractivity contribution is -0.122. The minimum Gasteiger partial charge on any atom is -0.345 e. The van der Waals surface area contributed by atoms with Gasteiger partial charge in [-0.3, -0.25) is 4.79 Å². The molecule has 18 heavy (non-hydrogen) atoms. The molecule has 1 unspecified atom stereocenters. The molecule has 102 valence electrons. The van der Waals surface area contributed by atoms with Crippen molar-refractivity contribution in [3.8, 4) is 0 Å². The first kappa shape index (κ1) is 15.1. The zero-order valence-corrected chi connectivity index (χ0v) is 12.6. The van der Waals surface area contributed by atoms with E-state index in [9.17, 15) is 4.79 Å². The summed E-state index contributed by atoms with van der Waals surface area (Å²) in [5.41, 5.74) is 6.27. The molecule has 1 rings (SSSR count). The largest absolute Gasteiger partial charge is 0.345 e. The van der Waals surface area contributed by atoms with Crippen molar-refractivity contribution in [1.82, 2.24) is 10.3 Å². The lowest BCUT2D eigenvalue weighted by Gasteiger charge is -2.24. The third-order valence-electron chi connectivity index (χ3n) is 2.84. The summed E-state index contributed by atoms with van der Waals surface area (Å²) in [6, 6.07) is 0.0585. The molecule has 0 aliphatic rings. The summed E-state index contributed by atoms with van der Waals surface area (Å²) in [6.45, 7) is 9.91. The van der Waals surface area contributed by atoms with Crippen molar-refractivity contribution >= 4 is 17.2 Å². The molecule has 4 nitrogen and oxygen atoms in total. The number of aryl methyl sites for hydroxylation is 2. The monoisotopic (exact) mass is 269 g/mol. The summed E-state index contributed by atoms with van der Waals surface area (Å²) in [6.07, 6.45) is 1.17. The zero-order valence-electron chi connectivity index (χ0n) is 11.8. The van der Waals surface area contributed by atoms with E-state index in [0.717, 1.165) is 10.7 Å². The molecule has 5 heteroatoms. The Morgan fingerprint density at radius 3 is 2.56 bits per heavy atom. The Bertz CT molecular complexity index is 404. The number of thiazole rings is 1. The summed E-state index contributed by atoms with van der Waals surface area (Å²) in [5.74, 6) is 0.0304. The number of aromatic nitrogens is 1. The van der Waals surface area contributed by atoms with E-state index in [1.165, 1.54) is 4.88 Å². The van der Waals surface area contributed by atoms with Crippen LogP contribution in [0.25, 0.3) is 0 Å². The number of nitrogens with one attached hydrogen (secondary N) is 1. The fourth-order valence-corrected chi connectivity index (χ4v) is 2.54. The second-order valence-corrected chi connectivity index (χ2v) is 6.55. The molecule has 1 amide bonds. The van der Waals surface area contributed by atoms with Crippen LogP contribution >= 0.6 is 11.3 Å². The maximum atomic E-state index is 11.8. The van der Waals surface area contributed by atoms with Crippen LogP contribution in [0.15, 0.2) is 0 Å². The predicted molar refractivity (Wildman–Crippen MR) is 75.6 cm³/mol. The molecule has 0 fully saturated rings. The van der Waals surface area contributed by atoms with E-state index in [1.54, 1.807) is 11.3 Å². The van der Waals surface area contributed by atoms with Crippen LogP contribution in [0.1, 0.15) is 49.2 Å². The van der Waals surface area contributed by atoms with Gasteiger partial charge in [-0.1, -0.05) is 0 Å². The zero-order chi connectivity index (χ0) is 13.9. The predicted octanol–water partition coefficient (Wildman–Crippen LogP) is 2.24. The van der Waals surface area contributed by atoms with Gasteiger partial charge in [0.05, 0.1) is 11.2 Å². The van der Waals surface area contributed by atoms with E-state index >= 15 is 0 Å². The number of carbonyl (C=O) groups excluding carboxylic acids is 1. The molecule has 1 heterocycles. The number of hydrogen-bond acceptors (Lipinski definition) is 4. The molecular weight excluding hydrogens is 246 g/mol. The third-order valence-corrected chi connectivity index (χ3v) is 4.24. The van der Waals surface area contributed by atoms with Gasteiger partial charge in [0.25, 0.3) is 0 Å². The Hall–Kier alpha value is -0.940. The molecule has 0 bridgehead atoms. The molecule has 1 aromatic heterocycles. The van der Waals surface area contributed by atoms with Crippen LogP contribution in [0.4, 0.5) is 0 Å². The first-order valence-corrected chi connectivity index (χ1v) is 7.05. The third kappa shape index (κ3) is 4.07. The Labute approximate surface area is 113 Å². The van der Waals surface area contributed by atoms with Crippen LogP contribution in [0.3, 0.4) is 0 Å². The normalized spacial score (nSPS) is 13.4. The summed E-state index contributed by atoms with van der Waals surface area (Å²) >= 11 is 1.64. The van der Waals surface area contributed by atoms with Gasteiger partial charge in [0.1, 0.15) is 5.01 Å². The van der Waals surface area contributed by atoms with Crippen molar-refractivity contribution in [1.29, 1.82) is 0 Å². The fraction of sp³-hybridized carbons (Fsp3) is 0.692. The molecular formula is C13H23N3OS. The fourth-order valence-electron chi connectivity index (χ4n) is 1.56. The molecule has 0 aromatic carbocycles. The highest BCUT2D eigenvalue weighted by atomic mass is 32.1. The Morgan fingerprint density at radius 1 is 1.50 bits per heavy atom. The van der Waals surface area contributed by atoms with Gasteiger partial charge in [0, 0.05) is 17.3 Å². The lowest BCUT2D eigenvalue weighted by atomic mass is 10.1. The minimum absolute atomic E-state index is 0.0304. The maximum Gasteiger partial charge on any atom is 0.220 e. The molecule has 0 saturated carbocycles. The topological polar surface area (TPSA) is 68.0 Å². The van der Waals surface area contributed by atoms with Crippen LogP contribution < -0.4 is 11.1 Å². The van der Waals surface area contributed by atoms with E-state index < -0.39 is 5.54 Å². The first-order valence-electron chi connectivity index (χ1n) is 6.23. The summed E-state index contributed by atoms with van der Waals surface area (Å²) < 4.78 is 0. The van der Waals surface area contributed by atoms with Crippen LogP contribution in [0, 0.1) is 13.8 Å². The van der Waals surface area contributed by atoms with Gasteiger partial charge in [0.15, 0.2) is 0 Å². The first-order chi connectivity index (χ1) is 8.22. The van der Waals surface area contributed by atoms with E-state index in [0.29, 0.717) is 12.8 Å². The maximum absolute atomic E-state index is 11.8. The van der Waals surface area contributed by atoms with Gasteiger partial charge >= 0.3 is 0 Å². The van der Waals surface area contributed by atoms with Gasteiger partial charge in [-0.25, -0.2) is 4.98 Å². The van der Waals surface area contributed by atoms with E-state index in [4.69, 9.17) is 5.73 Å². The number of amides is 1. The highest BCUT2D eigenvalue weighted by molar-refractivity contribution is 7.11.